The van der Waals surface area contributed by atoms with Crippen LogP contribution in [-0.2, 0) is 4.84 Å². The fourth-order valence-corrected chi connectivity index (χ4v) is 1.62. The molecule has 2 rings (SSSR count). The van der Waals surface area contributed by atoms with Crippen molar-refractivity contribution in [1.29, 1.82) is 0 Å². The van der Waals surface area contributed by atoms with Gasteiger partial charge in [-0.05, 0) is 12.1 Å². The van der Waals surface area contributed by atoms with E-state index in [4.69, 9.17) is 25.9 Å². The first-order valence-corrected chi connectivity index (χ1v) is 4.92. The standard InChI is InChI=1S/C10H10ClNO4/c1-12(14-2)10(13)6-3-7(11)9-8(4-6)15-5-16-9/h3-4H,5H2,1-2H3. The molecule has 1 aromatic rings. The Bertz CT molecular complexity index is 435. The Balaban J connectivity index is 2.37. The van der Waals surface area contributed by atoms with Crippen molar-refractivity contribution in [2.75, 3.05) is 21.0 Å². The lowest BCUT2D eigenvalue weighted by atomic mass is 10.2. The Morgan fingerprint density at radius 3 is 2.94 bits per heavy atom. The molecule has 0 fully saturated rings. The minimum atomic E-state index is -0.303. The van der Waals surface area contributed by atoms with Gasteiger partial charge in [0, 0.05) is 12.6 Å². The van der Waals surface area contributed by atoms with Crippen LogP contribution in [0.1, 0.15) is 10.4 Å². The molecule has 1 aliphatic heterocycles. The maximum atomic E-state index is 11.8. The summed E-state index contributed by atoms with van der Waals surface area (Å²) >= 11 is 5.95. The fraction of sp³-hybridized carbons (Fsp3) is 0.300. The number of hydrogen-bond acceptors (Lipinski definition) is 4. The van der Waals surface area contributed by atoms with Crippen LogP contribution in [0.5, 0.6) is 11.5 Å². The van der Waals surface area contributed by atoms with E-state index in [9.17, 15) is 4.79 Å². The van der Waals surface area contributed by atoms with Gasteiger partial charge in [0.05, 0.1) is 12.1 Å². The molecule has 6 heteroatoms. The van der Waals surface area contributed by atoms with Gasteiger partial charge in [-0.15, -0.1) is 0 Å². The molecule has 16 heavy (non-hydrogen) atoms. The van der Waals surface area contributed by atoms with Crippen molar-refractivity contribution in [3.8, 4) is 11.5 Å². The summed E-state index contributed by atoms with van der Waals surface area (Å²) in [6, 6.07) is 3.10. The summed E-state index contributed by atoms with van der Waals surface area (Å²) in [5.41, 5.74) is 0.388. The van der Waals surface area contributed by atoms with Gasteiger partial charge in [-0.2, -0.15) is 0 Å². The van der Waals surface area contributed by atoms with E-state index in [1.807, 2.05) is 0 Å². The first kappa shape index (κ1) is 11.0. The quantitative estimate of drug-likeness (QED) is 0.742. The van der Waals surface area contributed by atoms with Crippen molar-refractivity contribution >= 4 is 17.5 Å². The van der Waals surface area contributed by atoms with Gasteiger partial charge in [-0.25, -0.2) is 5.06 Å². The Hall–Kier alpha value is -1.46. The Morgan fingerprint density at radius 1 is 1.50 bits per heavy atom. The number of amides is 1. The zero-order valence-corrected chi connectivity index (χ0v) is 9.58. The monoisotopic (exact) mass is 243 g/mol. The Labute approximate surface area is 97.4 Å². The predicted octanol–water partition coefficient (Wildman–Crippen LogP) is 1.70. The van der Waals surface area contributed by atoms with Gasteiger partial charge in [-0.3, -0.25) is 9.63 Å². The SMILES string of the molecule is CON(C)C(=O)c1cc(Cl)c2c(c1)OCO2. The van der Waals surface area contributed by atoms with E-state index in [-0.39, 0.29) is 12.7 Å². The first-order valence-electron chi connectivity index (χ1n) is 4.55. The molecule has 0 saturated heterocycles. The number of carbonyl (C=O) groups excluding carboxylic acids is 1. The summed E-state index contributed by atoms with van der Waals surface area (Å²) in [6.45, 7) is 0.118. The van der Waals surface area contributed by atoms with Crippen molar-refractivity contribution in [3.63, 3.8) is 0 Å². The van der Waals surface area contributed by atoms with E-state index in [2.05, 4.69) is 0 Å². The molecule has 1 aliphatic rings. The molecule has 1 heterocycles. The molecule has 0 aromatic heterocycles. The second-order valence-corrected chi connectivity index (χ2v) is 3.58. The van der Waals surface area contributed by atoms with Crippen LogP contribution in [0.25, 0.3) is 0 Å². The van der Waals surface area contributed by atoms with E-state index in [0.717, 1.165) is 5.06 Å². The highest BCUT2D eigenvalue weighted by Crippen LogP contribution is 2.39. The number of fused-ring (bicyclic) bond motifs is 1. The van der Waals surface area contributed by atoms with Gasteiger partial charge in [-0.1, -0.05) is 11.6 Å². The maximum Gasteiger partial charge on any atom is 0.277 e. The summed E-state index contributed by atoms with van der Waals surface area (Å²) in [5.74, 6) is 0.640. The summed E-state index contributed by atoms with van der Waals surface area (Å²) < 4.78 is 10.3. The Morgan fingerprint density at radius 2 is 2.25 bits per heavy atom. The number of hydroxylamine groups is 2. The minimum absolute atomic E-state index is 0.118. The summed E-state index contributed by atoms with van der Waals surface area (Å²) in [5, 5.41) is 1.45. The molecule has 0 bridgehead atoms. The Kier molecular flexibility index (Phi) is 2.89. The molecular weight excluding hydrogens is 234 g/mol. The lowest BCUT2D eigenvalue weighted by molar-refractivity contribution is -0.0757. The number of rotatable bonds is 2. The van der Waals surface area contributed by atoms with Gasteiger partial charge < -0.3 is 9.47 Å². The highest BCUT2D eigenvalue weighted by atomic mass is 35.5. The maximum absolute atomic E-state index is 11.8. The number of carbonyl (C=O) groups is 1. The number of hydrogen-bond donors (Lipinski definition) is 0. The topological polar surface area (TPSA) is 48.0 Å². The average Bonchev–Trinajstić information content (AvgIpc) is 2.75. The molecular formula is C10H10ClNO4. The van der Waals surface area contributed by atoms with Crippen LogP contribution in [0.2, 0.25) is 5.02 Å². The number of benzene rings is 1. The molecule has 0 radical (unpaired) electrons. The predicted molar refractivity (Wildman–Crippen MR) is 56.7 cm³/mol. The zero-order valence-electron chi connectivity index (χ0n) is 8.82. The molecule has 1 aromatic carbocycles. The minimum Gasteiger partial charge on any atom is -0.454 e. The van der Waals surface area contributed by atoms with Crippen molar-refractivity contribution in [2.24, 2.45) is 0 Å². The lowest BCUT2D eigenvalue weighted by Gasteiger charge is -2.14. The molecule has 0 N–H and O–H groups in total. The third kappa shape index (κ3) is 1.79. The highest BCUT2D eigenvalue weighted by Gasteiger charge is 2.22. The lowest BCUT2D eigenvalue weighted by Crippen LogP contribution is -2.25. The van der Waals surface area contributed by atoms with Crippen molar-refractivity contribution in [1.82, 2.24) is 5.06 Å². The molecule has 86 valence electrons. The fourth-order valence-electron chi connectivity index (χ4n) is 1.36. The number of nitrogens with zero attached hydrogens (tertiary/aromatic N) is 1. The van der Waals surface area contributed by atoms with Gasteiger partial charge in [0.2, 0.25) is 6.79 Å². The van der Waals surface area contributed by atoms with Gasteiger partial charge in [0.15, 0.2) is 11.5 Å². The van der Waals surface area contributed by atoms with Gasteiger partial charge in [0.1, 0.15) is 0 Å². The van der Waals surface area contributed by atoms with Crippen LogP contribution < -0.4 is 9.47 Å². The van der Waals surface area contributed by atoms with Crippen molar-refractivity contribution in [2.45, 2.75) is 0 Å². The van der Waals surface area contributed by atoms with Gasteiger partial charge >= 0.3 is 0 Å². The second-order valence-electron chi connectivity index (χ2n) is 3.18. The van der Waals surface area contributed by atoms with E-state index >= 15 is 0 Å². The van der Waals surface area contributed by atoms with E-state index < -0.39 is 0 Å². The van der Waals surface area contributed by atoms with Crippen LogP contribution in [0.4, 0.5) is 0 Å². The molecule has 0 unspecified atom stereocenters. The van der Waals surface area contributed by atoms with Crippen LogP contribution >= 0.6 is 11.6 Å². The van der Waals surface area contributed by atoms with Crippen LogP contribution in [0, 0.1) is 0 Å². The first-order chi connectivity index (χ1) is 7.63. The number of halogens is 1. The van der Waals surface area contributed by atoms with E-state index in [1.165, 1.54) is 20.2 Å². The zero-order chi connectivity index (χ0) is 11.7. The summed E-state index contributed by atoms with van der Waals surface area (Å²) in [4.78, 5) is 16.6. The van der Waals surface area contributed by atoms with Crippen LogP contribution in [0.15, 0.2) is 12.1 Å². The normalized spacial score (nSPS) is 12.7. The average molecular weight is 244 g/mol. The van der Waals surface area contributed by atoms with E-state index in [1.54, 1.807) is 6.07 Å². The molecule has 0 aliphatic carbocycles. The molecule has 1 amide bonds. The highest BCUT2D eigenvalue weighted by molar-refractivity contribution is 6.32. The third-order valence-corrected chi connectivity index (χ3v) is 2.51. The molecule has 5 nitrogen and oxygen atoms in total. The smallest absolute Gasteiger partial charge is 0.277 e. The summed E-state index contributed by atoms with van der Waals surface area (Å²) in [6.07, 6.45) is 0. The molecule has 0 saturated carbocycles. The molecule has 0 spiro atoms. The van der Waals surface area contributed by atoms with E-state index in [0.29, 0.717) is 22.1 Å². The van der Waals surface area contributed by atoms with Crippen LogP contribution in [-0.4, -0.2) is 31.9 Å². The van der Waals surface area contributed by atoms with Crippen molar-refractivity contribution < 1.29 is 19.1 Å². The van der Waals surface area contributed by atoms with Gasteiger partial charge in [0.25, 0.3) is 5.91 Å². The molecule has 0 atom stereocenters. The number of ether oxygens (including phenoxy) is 2. The largest absolute Gasteiger partial charge is 0.454 e. The van der Waals surface area contributed by atoms with Crippen LogP contribution in [0.3, 0.4) is 0 Å². The second kappa shape index (κ2) is 4.19. The van der Waals surface area contributed by atoms with Crippen molar-refractivity contribution in [3.05, 3.63) is 22.7 Å². The third-order valence-electron chi connectivity index (χ3n) is 2.23. The summed E-state index contributed by atoms with van der Waals surface area (Å²) in [7, 11) is 2.92.